The first-order chi connectivity index (χ1) is 9.49. The Morgan fingerprint density at radius 1 is 1.30 bits per heavy atom. The maximum atomic E-state index is 12.3. The SMILES string of the molecule is Cc1ccccc1CN(C)C(=O)CN(C)C(C)C1CC1. The van der Waals surface area contributed by atoms with Gasteiger partial charge < -0.3 is 4.90 Å². The van der Waals surface area contributed by atoms with Gasteiger partial charge in [-0.3, -0.25) is 9.69 Å². The van der Waals surface area contributed by atoms with Crippen LogP contribution in [0, 0.1) is 12.8 Å². The highest BCUT2D eigenvalue weighted by Crippen LogP contribution is 2.34. The number of rotatable bonds is 6. The van der Waals surface area contributed by atoms with Crippen LogP contribution in [0.3, 0.4) is 0 Å². The lowest BCUT2D eigenvalue weighted by Gasteiger charge is -2.27. The van der Waals surface area contributed by atoms with E-state index in [9.17, 15) is 4.79 Å². The van der Waals surface area contributed by atoms with Crippen molar-refractivity contribution in [1.82, 2.24) is 9.80 Å². The molecule has 110 valence electrons. The molecule has 0 heterocycles. The first kappa shape index (κ1) is 15.0. The molecular formula is C17H26N2O. The fourth-order valence-electron chi connectivity index (χ4n) is 2.55. The van der Waals surface area contributed by atoms with Gasteiger partial charge in [-0.1, -0.05) is 24.3 Å². The third-order valence-electron chi connectivity index (χ3n) is 4.48. The molecule has 0 saturated heterocycles. The van der Waals surface area contributed by atoms with E-state index in [4.69, 9.17) is 0 Å². The summed E-state index contributed by atoms with van der Waals surface area (Å²) in [5.74, 6) is 0.998. The van der Waals surface area contributed by atoms with E-state index in [2.05, 4.69) is 37.9 Å². The highest BCUT2D eigenvalue weighted by Gasteiger charge is 2.31. The number of carbonyl (C=O) groups excluding carboxylic acids is 1. The Labute approximate surface area is 122 Å². The minimum Gasteiger partial charge on any atom is -0.340 e. The van der Waals surface area contributed by atoms with Crippen molar-refractivity contribution in [3.8, 4) is 0 Å². The Balaban J connectivity index is 1.87. The molecule has 0 aliphatic heterocycles. The molecule has 1 aliphatic carbocycles. The first-order valence-corrected chi connectivity index (χ1v) is 7.47. The van der Waals surface area contributed by atoms with Crippen molar-refractivity contribution in [3.63, 3.8) is 0 Å². The predicted octanol–water partition coefficient (Wildman–Crippen LogP) is 2.68. The zero-order valence-corrected chi connectivity index (χ0v) is 13.1. The van der Waals surface area contributed by atoms with Gasteiger partial charge in [0.25, 0.3) is 0 Å². The van der Waals surface area contributed by atoms with Gasteiger partial charge >= 0.3 is 0 Å². The van der Waals surface area contributed by atoms with Crippen molar-refractivity contribution in [2.24, 2.45) is 5.92 Å². The van der Waals surface area contributed by atoms with Gasteiger partial charge in [0.1, 0.15) is 0 Å². The normalized spacial score (nSPS) is 16.2. The van der Waals surface area contributed by atoms with Gasteiger partial charge in [0.15, 0.2) is 0 Å². The number of carbonyl (C=O) groups is 1. The molecule has 1 aromatic carbocycles. The number of benzene rings is 1. The summed E-state index contributed by atoms with van der Waals surface area (Å²) in [6, 6.07) is 8.77. The van der Waals surface area contributed by atoms with Gasteiger partial charge in [-0.05, 0) is 50.8 Å². The highest BCUT2D eigenvalue weighted by molar-refractivity contribution is 5.78. The van der Waals surface area contributed by atoms with Crippen LogP contribution < -0.4 is 0 Å². The van der Waals surface area contributed by atoms with Crippen LogP contribution in [0.15, 0.2) is 24.3 Å². The zero-order chi connectivity index (χ0) is 14.7. The molecule has 1 unspecified atom stereocenters. The Morgan fingerprint density at radius 3 is 2.55 bits per heavy atom. The summed E-state index contributed by atoms with van der Waals surface area (Å²) in [7, 11) is 3.95. The lowest BCUT2D eigenvalue weighted by atomic mass is 10.1. The summed E-state index contributed by atoms with van der Waals surface area (Å²) in [6.07, 6.45) is 2.64. The summed E-state index contributed by atoms with van der Waals surface area (Å²) in [5, 5.41) is 0. The van der Waals surface area contributed by atoms with Crippen molar-refractivity contribution >= 4 is 5.91 Å². The Kier molecular flexibility index (Phi) is 4.81. The second-order valence-electron chi connectivity index (χ2n) is 6.17. The summed E-state index contributed by atoms with van der Waals surface area (Å²) in [4.78, 5) is 16.3. The van der Waals surface area contributed by atoms with Crippen LogP contribution in [-0.2, 0) is 11.3 Å². The molecule has 0 spiro atoms. The average Bonchev–Trinajstić information content (AvgIpc) is 3.24. The van der Waals surface area contributed by atoms with E-state index in [0.717, 1.165) is 5.92 Å². The van der Waals surface area contributed by atoms with Crippen molar-refractivity contribution in [2.75, 3.05) is 20.6 Å². The van der Waals surface area contributed by atoms with Crippen molar-refractivity contribution in [3.05, 3.63) is 35.4 Å². The molecule has 1 saturated carbocycles. The van der Waals surface area contributed by atoms with E-state index < -0.39 is 0 Å². The molecule has 0 radical (unpaired) electrons. The van der Waals surface area contributed by atoms with E-state index in [-0.39, 0.29) is 5.91 Å². The number of amides is 1. The third kappa shape index (κ3) is 3.83. The molecule has 20 heavy (non-hydrogen) atoms. The standard InChI is InChI=1S/C17H26N2O/c1-13-7-5-6-8-16(13)11-19(4)17(20)12-18(3)14(2)15-9-10-15/h5-8,14-15H,9-12H2,1-4H3. The molecule has 0 bridgehead atoms. The Bertz CT molecular complexity index is 468. The molecule has 2 rings (SSSR count). The molecular weight excluding hydrogens is 248 g/mol. The number of nitrogens with zero attached hydrogens (tertiary/aromatic N) is 2. The zero-order valence-electron chi connectivity index (χ0n) is 13.1. The maximum Gasteiger partial charge on any atom is 0.236 e. The second-order valence-corrected chi connectivity index (χ2v) is 6.17. The average molecular weight is 274 g/mol. The topological polar surface area (TPSA) is 23.6 Å². The molecule has 3 heteroatoms. The van der Waals surface area contributed by atoms with Gasteiger partial charge in [0.2, 0.25) is 5.91 Å². The Morgan fingerprint density at radius 2 is 1.95 bits per heavy atom. The van der Waals surface area contributed by atoms with E-state index in [0.29, 0.717) is 19.1 Å². The number of aryl methyl sites for hydroxylation is 1. The van der Waals surface area contributed by atoms with Gasteiger partial charge in [0, 0.05) is 19.6 Å². The van der Waals surface area contributed by atoms with Gasteiger partial charge in [0.05, 0.1) is 6.54 Å². The lowest BCUT2D eigenvalue weighted by molar-refractivity contribution is -0.131. The largest absolute Gasteiger partial charge is 0.340 e. The molecule has 0 N–H and O–H groups in total. The molecule has 1 aromatic rings. The first-order valence-electron chi connectivity index (χ1n) is 7.47. The molecule has 3 nitrogen and oxygen atoms in total. The van der Waals surface area contributed by atoms with E-state index in [1.54, 1.807) is 0 Å². The number of hydrogen-bond acceptors (Lipinski definition) is 2. The maximum absolute atomic E-state index is 12.3. The van der Waals surface area contributed by atoms with Gasteiger partial charge in [-0.25, -0.2) is 0 Å². The van der Waals surface area contributed by atoms with E-state index in [1.165, 1.54) is 24.0 Å². The number of likely N-dealkylation sites (N-methyl/N-ethyl adjacent to an activating group) is 2. The van der Waals surface area contributed by atoms with Crippen LogP contribution in [0.5, 0.6) is 0 Å². The monoisotopic (exact) mass is 274 g/mol. The molecule has 1 atom stereocenters. The minimum absolute atomic E-state index is 0.197. The summed E-state index contributed by atoms with van der Waals surface area (Å²) in [6.45, 7) is 5.53. The van der Waals surface area contributed by atoms with Crippen molar-refractivity contribution in [1.29, 1.82) is 0 Å². The van der Waals surface area contributed by atoms with E-state index in [1.807, 2.05) is 24.1 Å². The van der Waals surface area contributed by atoms with Crippen LogP contribution in [0.1, 0.15) is 30.9 Å². The smallest absolute Gasteiger partial charge is 0.236 e. The molecule has 1 fully saturated rings. The summed E-state index contributed by atoms with van der Waals surface area (Å²) < 4.78 is 0. The fourth-order valence-corrected chi connectivity index (χ4v) is 2.55. The van der Waals surface area contributed by atoms with Crippen molar-refractivity contribution in [2.45, 2.75) is 39.3 Å². The van der Waals surface area contributed by atoms with Crippen LogP contribution in [0.25, 0.3) is 0 Å². The molecule has 1 amide bonds. The van der Waals surface area contributed by atoms with Gasteiger partial charge in [-0.2, -0.15) is 0 Å². The van der Waals surface area contributed by atoms with Crippen LogP contribution in [-0.4, -0.2) is 42.4 Å². The molecule has 1 aliphatic rings. The predicted molar refractivity (Wildman–Crippen MR) is 82.5 cm³/mol. The highest BCUT2D eigenvalue weighted by atomic mass is 16.2. The van der Waals surface area contributed by atoms with E-state index >= 15 is 0 Å². The van der Waals surface area contributed by atoms with Crippen LogP contribution in [0.2, 0.25) is 0 Å². The number of hydrogen-bond donors (Lipinski definition) is 0. The molecule has 0 aromatic heterocycles. The summed E-state index contributed by atoms with van der Waals surface area (Å²) in [5.41, 5.74) is 2.47. The third-order valence-corrected chi connectivity index (χ3v) is 4.48. The van der Waals surface area contributed by atoms with Crippen LogP contribution in [0.4, 0.5) is 0 Å². The lowest BCUT2D eigenvalue weighted by Crippen LogP contribution is -2.40. The van der Waals surface area contributed by atoms with Crippen LogP contribution >= 0.6 is 0 Å². The summed E-state index contributed by atoms with van der Waals surface area (Å²) >= 11 is 0. The Hall–Kier alpha value is -1.35. The minimum atomic E-state index is 0.197. The van der Waals surface area contributed by atoms with Gasteiger partial charge in [-0.15, -0.1) is 0 Å². The quantitative estimate of drug-likeness (QED) is 0.796. The van der Waals surface area contributed by atoms with Crippen molar-refractivity contribution < 1.29 is 4.79 Å². The fraction of sp³-hybridized carbons (Fsp3) is 0.588. The second kappa shape index (κ2) is 6.40.